The van der Waals surface area contributed by atoms with E-state index in [0.717, 1.165) is 64.3 Å². The second-order valence-electron chi connectivity index (χ2n) is 7.54. The van der Waals surface area contributed by atoms with Crippen molar-refractivity contribution in [3.8, 4) is 5.75 Å². The Hall–Kier alpha value is -1.59. The maximum absolute atomic E-state index is 13.1. The van der Waals surface area contributed by atoms with E-state index in [1.807, 2.05) is 12.1 Å². The summed E-state index contributed by atoms with van der Waals surface area (Å²) in [5.74, 6) is 1.74. The molecule has 0 spiro atoms. The molecule has 3 aliphatic heterocycles. The summed E-state index contributed by atoms with van der Waals surface area (Å²) < 4.78 is 11.2. The van der Waals surface area contributed by atoms with E-state index in [0.29, 0.717) is 11.8 Å². The average Bonchev–Trinajstić information content (AvgIpc) is 3.33. The molecule has 3 atom stereocenters. The largest absolute Gasteiger partial charge is 0.497 e. The zero-order valence-corrected chi connectivity index (χ0v) is 15.0. The van der Waals surface area contributed by atoms with Crippen molar-refractivity contribution in [1.29, 1.82) is 0 Å². The molecule has 0 saturated carbocycles. The van der Waals surface area contributed by atoms with Gasteiger partial charge in [-0.25, -0.2) is 0 Å². The lowest BCUT2D eigenvalue weighted by molar-refractivity contribution is -0.140. The predicted molar refractivity (Wildman–Crippen MR) is 95.4 cm³/mol. The third-order valence-electron chi connectivity index (χ3n) is 5.97. The first kappa shape index (κ1) is 16.9. The van der Waals surface area contributed by atoms with Gasteiger partial charge in [0.05, 0.1) is 19.1 Å². The van der Waals surface area contributed by atoms with Crippen LogP contribution in [0, 0.1) is 11.8 Å². The molecule has 0 bridgehead atoms. The Kier molecular flexibility index (Phi) is 4.95. The molecule has 136 valence electrons. The van der Waals surface area contributed by atoms with Crippen molar-refractivity contribution in [2.45, 2.75) is 31.9 Å². The maximum Gasteiger partial charge on any atom is 0.227 e. The molecule has 1 aromatic rings. The van der Waals surface area contributed by atoms with Gasteiger partial charge in [0.25, 0.3) is 0 Å². The van der Waals surface area contributed by atoms with Crippen molar-refractivity contribution >= 4 is 5.91 Å². The number of piperidine rings is 1. The minimum Gasteiger partial charge on any atom is -0.497 e. The van der Waals surface area contributed by atoms with Gasteiger partial charge in [-0.15, -0.1) is 0 Å². The number of carbonyl (C=O) groups excluding carboxylic acids is 1. The lowest BCUT2D eigenvalue weighted by atomic mass is 9.81. The van der Waals surface area contributed by atoms with E-state index in [4.69, 9.17) is 9.47 Å². The molecule has 0 radical (unpaired) electrons. The van der Waals surface area contributed by atoms with Crippen LogP contribution in [0.3, 0.4) is 0 Å². The topological polar surface area (TPSA) is 42.0 Å². The monoisotopic (exact) mass is 344 g/mol. The molecular formula is C20H28N2O3. The zero-order valence-electron chi connectivity index (χ0n) is 15.0. The van der Waals surface area contributed by atoms with Gasteiger partial charge in [0.15, 0.2) is 0 Å². The molecule has 1 amide bonds. The minimum absolute atomic E-state index is 0.0950. The van der Waals surface area contributed by atoms with Crippen LogP contribution in [0.4, 0.5) is 0 Å². The molecule has 0 aromatic heterocycles. The van der Waals surface area contributed by atoms with Gasteiger partial charge in [0, 0.05) is 45.2 Å². The van der Waals surface area contributed by atoms with E-state index in [2.05, 4.69) is 21.9 Å². The Bertz CT molecular complexity index is 597. The van der Waals surface area contributed by atoms with E-state index in [9.17, 15) is 4.79 Å². The first-order chi connectivity index (χ1) is 12.2. The summed E-state index contributed by atoms with van der Waals surface area (Å²) in [7, 11) is 1.69. The van der Waals surface area contributed by atoms with Crippen molar-refractivity contribution in [2.75, 3.05) is 39.9 Å². The Morgan fingerprint density at radius 2 is 1.96 bits per heavy atom. The molecule has 0 N–H and O–H groups in total. The normalized spacial score (nSPS) is 29.6. The fourth-order valence-electron chi connectivity index (χ4n) is 4.61. The van der Waals surface area contributed by atoms with Gasteiger partial charge in [-0.05, 0) is 37.0 Å². The van der Waals surface area contributed by atoms with Crippen LogP contribution in [0.2, 0.25) is 0 Å². The highest BCUT2D eigenvalue weighted by Crippen LogP contribution is 2.36. The van der Waals surface area contributed by atoms with Gasteiger partial charge in [0.2, 0.25) is 5.91 Å². The molecule has 0 aliphatic carbocycles. The summed E-state index contributed by atoms with van der Waals surface area (Å²) in [6, 6.07) is 8.22. The summed E-state index contributed by atoms with van der Waals surface area (Å²) in [6.07, 6.45) is 3.55. The van der Waals surface area contributed by atoms with Crippen LogP contribution in [0.15, 0.2) is 24.3 Å². The van der Waals surface area contributed by atoms with Gasteiger partial charge in [-0.2, -0.15) is 0 Å². The molecule has 0 unspecified atom stereocenters. The van der Waals surface area contributed by atoms with E-state index < -0.39 is 0 Å². The minimum atomic E-state index is 0.0950. The smallest absolute Gasteiger partial charge is 0.227 e. The second-order valence-corrected chi connectivity index (χ2v) is 7.54. The van der Waals surface area contributed by atoms with E-state index in [-0.39, 0.29) is 12.0 Å². The highest BCUT2D eigenvalue weighted by Gasteiger charge is 2.45. The van der Waals surface area contributed by atoms with E-state index >= 15 is 0 Å². The molecular weight excluding hydrogens is 316 g/mol. The van der Waals surface area contributed by atoms with Crippen LogP contribution in [0.1, 0.15) is 24.8 Å². The molecule has 1 aromatic carbocycles. The van der Waals surface area contributed by atoms with Gasteiger partial charge in [-0.1, -0.05) is 12.1 Å². The third-order valence-corrected chi connectivity index (χ3v) is 5.97. The quantitative estimate of drug-likeness (QED) is 0.839. The number of fused-ring (bicyclic) bond motifs is 1. The standard InChI is InChI=1S/C20H28N2O3/c1-24-16-6-4-15(5-7-16)12-21-13-18(17-8-11-25-19(17)14-21)20(23)22-9-2-3-10-22/h4-7,17-19H,2-3,8-14H2,1H3/t17-,18-,19+/m0/s1. The van der Waals surface area contributed by atoms with Crippen LogP contribution in [-0.4, -0.2) is 61.7 Å². The third kappa shape index (κ3) is 3.53. The maximum atomic E-state index is 13.1. The number of methoxy groups -OCH3 is 1. The van der Waals surface area contributed by atoms with Crippen molar-refractivity contribution in [2.24, 2.45) is 11.8 Å². The Morgan fingerprint density at radius 1 is 1.20 bits per heavy atom. The van der Waals surface area contributed by atoms with Crippen molar-refractivity contribution < 1.29 is 14.3 Å². The SMILES string of the molecule is COc1ccc(CN2C[C@H](C(=O)N3CCCC3)[C@@H]3CCO[C@@H]3C2)cc1. The van der Waals surface area contributed by atoms with Crippen LogP contribution in [-0.2, 0) is 16.1 Å². The van der Waals surface area contributed by atoms with Crippen molar-refractivity contribution in [1.82, 2.24) is 9.80 Å². The van der Waals surface area contributed by atoms with Crippen LogP contribution in [0.25, 0.3) is 0 Å². The molecule has 4 rings (SSSR count). The highest BCUT2D eigenvalue weighted by molar-refractivity contribution is 5.80. The Balaban J connectivity index is 1.46. The number of amides is 1. The summed E-state index contributed by atoms with van der Waals surface area (Å²) in [4.78, 5) is 17.5. The number of hydrogen-bond donors (Lipinski definition) is 0. The summed E-state index contributed by atoms with van der Waals surface area (Å²) in [5, 5.41) is 0. The van der Waals surface area contributed by atoms with Crippen LogP contribution < -0.4 is 4.74 Å². The van der Waals surface area contributed by atoms with E-state index in [1.54, 1.807) is 7.11 Å². The molecule has 3 heterocycles. The highest BCUT2D eigenvalue weighted by atomic mass is 16.5. The second kappa shape index (κ2) is 7.34. The molecule has 3 saturated heterocycles. The summed E-state index contributed by atoms with van der Waals surface area (Å²) >= 11 is 0. The predicted octanol–water partition coefficient (Wildman–Crippen LogP) is 2.15. The molecule has 5 heteroatoms. The number of carbonyl (C=O) groups is 1. The Morgan fingerprint density at radius 3 is 2.68 bits per heavy atom. The average molecular weight is 344 g/mol. The fourth-order valence-corrected chi connectivity index (χ4v) is 4.61. The number of ether oxygens (including phenoxy) is 2. The number of rotatable bonds is 4. The fraction of sp³-hybridized carbons (Fsp3) is 0.650. The van der Waals surface area contributed by atoms with E-state index in [1.165, 1.54) is 5.56 Å². The van der Waals surface area contributed by atoms with Gasteiger partial charge in [-0.3, -0.25) is 9.69 Å². The molecule has 3 aliphatic rings. The summed E-state index contributed by atoms with van der Waals surface area (Å²) in [5.41, 5.74) is 1.25. The molecule has 3 fully saturated rings. The van der Waals surface area contributed by atoms with Gasteiger partial charge in [0.1, 0.15) is 5.75 Å². The number of hydrogen-bond acceptors (Lipinski definition) is 4. The summed E-state index contributed by atoms with van der Waals surface area (Å²) in [6.45, 7) is 5.32. The van der Waals surface area contributed by atoms with Crippen LogP contribution in [0.5, 0.6) is 5.75 Å². The van der Waals surface area contributed by atoms with Crippen LogP contribution >= 0.6 is 0 Å². The molecule has 5 nitrogen and oxygen atoms in total. The number of benzene rings is 1. The first-order valence-electron chi connectivity index (χ1n) is 9.50. The number of likely N-dealkylation sites (tertiary alicyclic amines) is 2. The molecule has 25 heavy (non-hydrogen) atoms. The van der Waals surface area contributed by atoms with Gasteiger partial charge >= 0.3 is 0 Å². The first-order valence-corrected chi connectivity index (χ1v) is 9.50. The lowest BCUT2D eigenvalue weighted by Crippen LogP contribution is -2.52. The number of nitrogens with zero attached hydrogens (tertiary/aromatic N) is 2. The lowest BCUT2D eigenvalue weighted by Gasteiger charge is -2.40. The van der Waals surface area contributed by atoms with Crippen molar-refractivity contribution in [3.63, 3.8) is 0 Å². The zero-order chi connectivity index (χ0) is 17.2. The van der Waals surface area contributed by atoms with Gasteiger partial charge < -0.3 is 14.4 Å². The Labute approximate surface area is 149 Å². The van der Waals surface area contributed by atoms with Crippen molar-refractivity contribution in [3.05, 3.63) is 29.8 Å².